The molecule has 1 atom stereocenters. The van der Waals surface area contributed by atoms with E-state index < -0.39 is 5.60 Å². The molecule has 4 rings (SSSR count). The monoisotopic (exact) mass is 395 g/mol. The van der Waals surface area contributed by atoms with Crippen LogP contribution in [0.5, 0.6) is 5.75 Å². The number of ether oxygens (including phenoxy) is 3. The molecule has 0 bridgehead atoms. The lowest BCUT2D eigenvalue weighted by atomic mass is 10.0. The normalized spacial score (nSPS) is 20.0. The van der Waals surface area contributed by atoms with Gasteiger partial charge in [-0.1, -0.05) is 29.3 Å². The summed E-state index contributed by atoms with van der Waals surface area (Å²) in [5.74, 6) is 1.30. The second-order valence-corrected chi connectivity index (χ2v) is 6.68. The highest BCUT2D eigenvalue weighted by Crippen LogP contribution is 2.33. The van der Waals surface area contributed by atoms with Crippen molar-refractivity contribution in [2.24, 2.45) is 0 Å². The number of hydrogen-bond donors (Lipinski definition) is 0. The van der Waals surface area contributed by atoms with Gasteiger partial charge in [0.05, 0.1) is 35.0 Å². The van der Waals surface area contributed by atoms with Crippen LogP contribution in [-0.2, 0) is 21.7 Å². The summed E-state index contributed by atoms with van der Waals surface area (Å²) in [7, 11) is 1.60. The number of rotatable bonds is 5. The number of halogens is 2. The number of fused-ring (bicyclic) bond motifs is 1. The van der Waals surface area contributed by atoms with E-state index in [1.807, 2.05) is 12.1 Å². The maximum Gasteiger partial charge on any atom is 0.254 e. The molecule has 1 fully saturated rings. The minimum atomic E-state index is -0.675. The van der Waals surface area contributed by atoms with Gasteiger partial charge >= 0.3 is 0 Å². The first kappa shape index (κ1) is 17.5. The first-order chi connectivity index (χ1) is 12.6. The van der Waals surface area contributed by atoms with Crippen LogP contribution < -0.4 is 4.74 Å². The fourth-order valence-corrected chi connectivity index (χ4v) is 3.18. The Morgan fingerprint density at radius 2 is 2.15 bits per heavy atom. The Kier molecular flexibility index (Phi) is 4.71. The van der Waals surface area contributed by atoms with Crippen molar-refractivity contribution < 1.29 is 18.6 Å². The van der Waals surface area contributed by atoms with Crippen LogP contribution in [0.3, 0.4) is 0 Å². The van der Waals surface area contributed by atoms with Crippen molar-refractivity contribution in [1.82, 2.24) is 15.2 Å². The third-order valence-corrected chi connectivity index (χ3v) is 5.11. The zero-order valence-corrected chi connectivity index (χ0v) is 15.4. The van der Waals surface area contributed by atoms with Crippen molar-refractivity contribution in [1.29, 1.82) is 0 Å². The predicted octanol–water partition coefficient (Wildman–Crippen LogP) is 3.77. The zero-order chi connectivity index (χ0) is 18.1. The van der Waals surface area contributed by atoms with Gasteiger partial charge in [0.15, 0.2) is 12.2 Å². The molecular formula is C17H15Cl2N3O4. The van der Waals surface area contributed by atoms with Gasteiger partial charge < -0.3 is 18.6 Å². The Bertz CT molecular complexity index is 941. The molecule has 7 nitrogen and oxygen atoms in total. The summed E-state index contributed by atoms with van der Waals surface area (Å²) in [6.45, 7) is 1.10. The Balaban J connectivity index is 1.49. The van der Waals surface area contributed by atoms with Crippen LogP contribution >= 0.6 is 23.2 Å². The van der Waals surface area contributed by atoms with Crippen LogP contribution in [0.15, 0.2) is 28.8 Å². The Morgan fingerprint density at radius 1 is 1.27 bits per heavy atom. The number of pyridine rings is 1. The summed E-state index contributed by atoms with van der Waals surface area (Å²) < 4.78 is 22.3. The van der Waals surface area contributed by atoms with Gasteiger partial charge in [0.25, 0.3) is 11.8 Å². The average molecular weight is 396 g/mol. The van der Waals surface area contributed by atoms with E-state index >= 15 is 0 Å². The van der Waals surface area contributed by atoms with Gasteiger partial charge in [0, 0.05) is 18.9 Å². The number of benzene rings is 1. The summed E-state index contributed by atoms with van der Waals surface area (Å²) in [4.78, 5) is 4.30. The zero-order valence-electron chi connectivity index (χ0n) is 13.9. The van der Waals surface area contributed by atoms with E-state index in [1.54, 1.807) is 19.4 Å². The van der Waals surface area contributed by atoms with E-state index in [0.29, 0.717) is 52.7 Å². The minimum Gasteiger partial charge on any atom is -0.482 e. The van der Waals surface area contributed by atoms with E-state index in [9.17, 15) is 0 Å². The maximum atomic E-state index is 6.15. The summed E-state index contributed by atoms with van der Waals surface area (Å²) in [5.41, 5.74) is -0.0546. The average Bonchev–Trinajstić information content (AvgIpc) is 3.33. The first-order valence-electron chi connectivity index (χ1n) is 7.94. The lowest BCUT2D eigenvalue weighted by Gasteiger charge is -2.20. The molecule has 0 aliphatic carbocycles. The SMILES string of the molecule is COC1(c2nnc(COc3cnc4c(Cl)c(Cl)ccc4c3)o2)CCOC1. The van der Waals surface area contributed by atoms with E-state index in [2.05, 4.69) is 15.2 Å². The molecule has 9 heteroatoms. The maximum absolute atomic E-state index is 6.15. The number of nitrogens with zero attached hydrogens (tertiary/aromatic N) is 3. The number of hydrogen-bond acceptors (Lipinski definition) is 7. The molecule has 1 aliphatic heterocycles. The third-order valence-electron chi connectivity index (χ3n) is 4.31. The van der Waals surface area contributed by atoms with Crippen LogP contribution in [0.25, 0.3) is 10.9 Å². The standard InChI is InChI=1S/C17H15Cl2N3O4/c1-23-17(4-5-24-9-17)16-22-21-13(26-16)8-25-11-6-10-2-3-12(18)14(19)15(10)20-7-11/h2-3,6-7H,4-5,8-9H2,1H3. The molecule has 3 heterocycles. The molecule has 0 spiro atoms. The van der Waals surface area contributed by atoms with Crippen LogP contribution in [-0.4, -0.2) is 35.5 Å². The Hall–Kier alpha value is -1.93. The van der Waals surface area contributed by atoms with Crippen LogP contribution in [0.2, 0.25) is 10.0 Å². The van der Waals surface area contributed by atoms with Crippen molar-refractivity contribution in [2.75, 3.05) is 20.3 Å². The van der Waals surface area contributed by atoms with Gasteiger partial charge in [-0.2, -0.15) is 0 Å². The summed E-state index contributed by atoms with van der Waals surface area (Å²) in [6.07, 6.45) is 2.24. The second kappa shape index (κ2) is 7.00. The van der Waals surface area contributed by atoms with Crippen LogP contribution in [0, 0.1) is 0 Å². The quantitative estimate of drug-likeness (QED) is 0.650. The van der Waals surface area contributed by atoms with Crippen LogP contribution in [0.1, 0.15) is 18.2 Å². The molecule has 136 valence electrons. The molecule has 0 radical (unpaired) electrons. The van der Waals surface area contributed by atoms with Crippen molar-refractivity contribution in [3.05, 3.63) is 46.2 Å². The van der Waals surface area contributed by atoms with Crippen molar-refractivity contribution >= 4 is 34.1 Å². The minimum absolute atomic E-state index is 0.113. The number of aromatic nitrogens is 3. The molecule has 1 aromatic carbocycles. The molecule has 26 heavy (non-hydrogen) atoms. The van der Waals surface area contributed by atoms with Crippen LogP contribution in [0.4, 0.5) is 0 Å². The van der Waals surface area contributed by atoms with Crippen molar-refractivity contribution in [3.8, 4) is 5.75 Å². The second-order valence-electron chi connectivity index (χ2n) is 5.89. The summed E-state index contributed by atoms with van der Waals surface area (Å²) >= 11 is 12.2. The molecule has 1 saturated heterocycles. The van der Waals surface area contributed by atoms with Gasteiger partial charge in [-0.3, -0.25) is 4.98 Å². The van der Waals surface area contributed by atoms with Crippen molar-refractivity contribution in [3.63, 3.8) is 0 Å². The molecule has 0 N–H and O–H groups in total. The van der Waals surface area contributed by atoms with E-state index in [4.69, 9.17) is 41.8 Å². The first-order valence-corrected chi connectivity index (χ1v) is 8.69. The molecule has 0 saturated carbocycles. The smallest absolute Gasteiger partial charge is 0.254 e. The largest absolute Gasteiger partial charge is 0.482 e. The van der Waals surface area contributed by atoms with E-state index in [-0.39, 0.29) is 6.61 Å². The molecule has 0 amide bonds. The van der Waals surface area contributed by atoms with Gasteiger partial charge in [0.2, 0.25) is 0 Å². The predicted molar refractivity (Wildman–Crippen MR) is 94.5 cm³/mol. The molecule has 3 aromatic rings. The molecule has 1 aliphatic rings. The summed E-state index contributed by atoms with van der Waals surface area (Å²) in [6, 6.07) is 5.37. The lowest BCUT2D eigenvalue weighted by molar-refractivity contribution is -0.0420. The van der Waals surface area contributed by atoms with Gasteiger partial charge in [-0.25, -0.2) is 0 Å². The van der Waals surface area contributed by atoms with E-state index in [0.717, 1.165) is 5.39 Å². The highest BCUT2D eigenvalue weighted by molar-refractivity contribution is 6.44. The molecular weight excluding hydrogens is 381 g/mol. The Morgan fingerprint density at radius 3 is 2.92 bits per heavy atom. The van der Waals surface area contributed by atoms with Gasteiger partial charge in [-0.05, 0) is 12.1 Å². The highest BCUT2D eigenvalue weighted by Gasteiger charge is 2.42. The van der Waals surface area contributed by atoms with Gasteiger partial charge in [0.1, 0.15) is 5.75 Å². The van der Waals surface area contributed by atoms with E-state index in [1.165, 1.54) is 0 Å². The number of methoxy groups -OCH3 is 1. The topological polar surface area (TPSA) is 79.5 Å². The fourth-order valence-electron chi connectivity index (χ4n) is 2.80. The summed E-state index contributed by atoms with van der Waals surface area (Å²) in [5, 5.41) is 9.80. The van der Waals surface area contributed by atoms with Crippen molar-refractivity contribution in [2.45, 2.75) is 18.6 Å². The molecule has 2 aromatic heterocycles. The third kappa shape index (κ3) is 3.12. The highest BCUT2D eigenvalue weighted by atomic mass is 35.5. The van der Waals surface area contributed by atoms with Gasteiger partial charge in [-0.15, -0.1) is 10.2 Å². The fraction of sp³-hybridized carbons (Fsp3) is 0.353. The lowest BCUT2D eigenvalue weighted by Crippen LogP contribution is -2.29. The molecule has 1 unspecified atom stereocenters. The Labute approximate surface area is 159 Å².